The van der Waals surface area contributed by atoms with E-state index in [1.54, 1.807) is 19.1 Å². The zero-order valence-corrected chi connectivity index (χ0v) is 21.4. The molecule has 0 aliphatic carbocycles. The fraction of sp³-hybridized carbons (Fsp3) is 0.214. The molecule has 2 N–H and O–H groups in total. The molecule has 0 aliphatic heterocycles. The van der Waals surface area contributed by atoms with Crippen molar-refractivity contribution in [1.29, 1.82) is 0 Å². The second-order valence-electron chi connectivity index (χ2n) is 9.02. The van der Waals surface area contributed by atoms with Gasteiger partial charge in [-0.3, -0.25) is 4.79 Å². The van der Waals surface area contributed by atoms with Crippen molar-refractivity contribution in [3.05, 3.63) is 94.7 Å². The van der Waals surface area contributed by atoms with Crippen LogP contribution in [-0.2, 0) is 24.1 Å². The molecule has 0 saturated carbocycles. The monoisotopic (exact) mass is 563 g/mol. The van der Waals surface area contributed by atoms with Gasteiger partial charge in [0.15, 0.2) is 0 Å². The highest BCUT2D eigenvalue weighted by Crippen LogP contribution is 2.39. The molecular formula is C28H23F6N3O3. The molecule has 6 nitrogen and oxygen atoms in total. The number of carbonyl (C=O) groups is 2. The smallest absolute Gasteiger partial charge is 0.416 e. The first kappa shape index (κ1) is 28.5. The number of hydrogen-bond acceptors (Lipinski definition) is 4. The summed E-state index contributed by atoms with van der Waals surface area (Å²) in [6, 6.07) is 12.7. The highest BCUT2D eigenvalue weighted by atomic mass is 19.4. The number of rotatable bonds is 6. The molecule has 1 amide bonds. The van der Waals surface area contributed by atoms with Gasteiger partial charge in [0.1, 0.15) is 5.69 Å². The molecule has 1 heterocycles. The summed E-state index contributed by atoms with van der Waals surface area (Å²) in [4.78, 5) is 25.2. The molecule has 1 aromatic heterocycles. The molecule has 4 rings (SSSR count). The Balaban J connectivity index is 1.77. The van der Waals surface area contributed by atoms with E-state index in [4.69, 9.17) is 0 Å². The molecule has 40 heavy (non-hydrogen) atoms. The van der Waals surface area contributed by atoms with Crippen molar-refractivity contribution in [2.45, 2.75) is 25.3 Å². The Kier molecular flexibility index (Phi) is 7.55. The minimum Gasteiger partial charge on any atom is -0.465 e. The van der Waals surface area contributed by atoms with Crippen LogP contribution in [0.15, 0.2) is 66.7 Å². The first-order valence-corrected chi connectivity index (χ1v) is 11.8. The van der Waals surface area contributed by atoms with Crippen LogP contribution in [0.2, 0.25) is 0 Å². The number of nitrogens with one attached hydrogen (secondary N) is 2. The van der Waals surface area contributed by atoms with Gasteiger partial charge >= 0.3 is 18.3 Å². The number of halogens is 6. The van der Waals surface area contributed by atoms with E-state index in [2.05, 4.69) is 15.4 Å². The highest BCUT2D eigenvalue weighted by molar-refractivity contribution is 6.10. The van der Waals surface area contributed by atoms with Crippen molar-refractivity contribution in [1.82, 2.24) is 9.88 Å². The number of methoxy groups -OCH3 is 1. The molecule has 1 atom stereocenters. The molecule has 0 spiro atoms. The number of ether oxygens (including phenoxy) is 1. The van der Waals surface area contributed by atoms with E-state index >= 15 is 0 Å². The SMILES string of the molecule is COC(=O)c1ccc(C(C)NC(=O)c2c(Nc3cccc(C(F)(F)F)c3)c3cc(C(F)(F)F)ccc3n2C)cc1. The quantitative estimate of drug-likeness (QED) is 0.192. The summed E-state index contributed by atoms with van der Waals surface area (Å²) in [5.74, 6) is -1.23. The van der Waals surface area contributed by atoms with E-state index < -0.39 is 41.4 Å². The van der Waals surface area contributed by atoms with Crippen LogP contribution in [-0.4, -0.2) is 23.6 Å². The van der Waals surface area contributed by atoms with Crippen LogP contribution in [0.1, 0.15) is 50.5 Å². The van der Waals surface area contributed by atoms with Gasteiger partial charge in [-0.15, -0.1) is 0 Å². The number of benzene rings is 3. The number of fused-ring (bicyclic) bond motifs is 1. The number of anilines is 2. The second-order valence-corrected chi connectivity index (χ2v) is 9.02. The Morgan fingerprint density at radius 3 is 2.10 bits per heavy atom. The van der Waals surface area contributed by atoms with Gasteiger partial charge < -0.3 is 19.9 Å². The van der Waals surface area contributed by atoms with Crippen LogP contribution in [0.5, 0.6) is 0 Å². The van der Waals surface area contributed by atoms with Gasteiger partial charge in [0.25, 0.3) is 5.91 Å². The molecule has 0 saturated heterocycles. The number of aryl methyl sites for hydroxylation is 1. The lowest BCUT2D eigenvalue weighted by atomic mass is 10.1. The van der Waals surface area contributed by atoms with Crippen LogP contribution >= 0.6 is 0 Å². The minimum atomic E-state index is -4.69. The van der Waals surface area contributed by atoms with E-state index in [1.165, 1.54) is 43.0 Å². The van der Waals surface area contributed by atoms with Crippen molar-refractivity contribution in [3.8, 4) is 0 Å². The summed E-state index contributed by atoms with van der Waals surface area (Å²) in [7, 11) is 2.71. The molecule has 0 bridgehead atoms. The van der Waals surface area contributed by atoms with Crippen molar-refractivity contribution in [2.24, 2.45) is 7.05 Å². The van der Waals surface area contributed by atoms with Crippen LogP contribution in [0.4, 0.5) is 37.7 Å². The van der Waals surface area contributed by atoms with Gasteiger partial charge in [0.05, 0.1) is 41.0 Å². The molecule has 12 heteroatoms. The largest absolute Gasteiger partial charge is 0.465 e. The fourth-order valence-electron chi connectivity index (χ4n) is 4.30. The normalized spacial score (nSPS) is 12.7. The van der Waals surface area contributed by atoms with Crippen molar-refractivity contribution < 1.29 is 40.7 Å². The van der Waals surface area contributed by atoms with Gasteiger partial charge in [0.2, 0.25) is 0 Å². The summed E-state index contributed by atoms with van der Waals surface area (Å²) in [5.41, 5.74) is -1.04. The minimum absolute atomic E-state index is 0.00466. The number of aromatic nitrogens is 1. The molecule has 0 radical (unpaired) electrons. The van der Waals surface area contributed by atoms with Gasteiger partial charge in [-0.2, -0.15) is 26.3 Å². The Bertz CT molecular complexity index is 1570. The van der Waals surface area contributed by atoms with Crippen molar-refractivity contribution in [2.75, 3.05) is 12.4 Å². The Labute approximate surface area is 224 Å². The summed E-state index contributed by atoms with van der Waals surface area (Å²) < 4.78 is 86.5. The molecule has 0 aliphatic rings. The molecule has 4 aromatic rings. The van der Waals surface area contributed by atoms with Crippen molar-refractivity contribution >= 4 is 34.2 Å². The van der Waals surface area contributed by atoms with Gasteiger partial charge in [-0.25, -0.2) is 4.79 Å². The molecular weight excluding hydrogens is 540 g/mol. The summed E-state index contributed by atoms with van der Waals surface area (Å²) in [5, 5.41) is 5.51. The lowest BCUT2D eigenvalue weighted by Crippen LogP contribution is -2.29. The zero-order valence-electron chi connectivity index (χ0n) is 21.4. The maximum absolute atomic E-state index is 13.5. The summed E-state index contributed by atoms with van der Waals surface area (Å²) in [6.07, 6.45) is -9.34. The van der Waals surface area contributed by atoms with Gasteiger partial charge in [-0.05, 0) is 61.0 Å². The molecule has 210 valence electrons. The van der Waals surface area contributed by atoms with E-state index in [9.17, 15) is 35.9 Å². The average molecular weight is 563 g/mol. The van der Waals surface area contributed by atoms with Crippen molar-refractivity contribution in [3.63, 3.8) is 0 Å². The predicted molar refractivity (Wildman–Crippen MR) is 136 cm³/mol. The number of amides is 1. The van der Waals surface area contributed by atoms with E-state index in [-0.39, 0.29) is 28.0 Å². The molecule has 3 aromatic carbocycles. The third-order valence-electron chi connectivity index (χ3n) is 6.38. The Morgan fingerprint density at radius 1 is 0.875 bits per heavy atom. The maximum atomic E-state index is 13.5. The third kappa shape index (κ3) is 5.75. The zero-order chi connectivity index (χ0) is 29.4. The first-order chi connectivity index (χ1) is 18.7. The topological polar surface area (TPSA) is 72.4 Å². The van der Waals surface area contributed by atoms with E-state index in [0.29, 0.717) is 11.1 Å². The number of alkyl halides is 6. The number of nitrogens with zero attached hydrogens (tertiary/aromatic N) is 1. The van der Waals surface area contributed by atoms with E-state index in [1.807, 2.05) is 0 Å². The van der Waals surface area contributed by atoms with Crippen LogP contribution in [0.25, 0.3) is 10.9 Å². The van der Waals surface area contributed by atoms with E-state index in [0.717, 1.165) is 30.3 Å². The standard InChI is InChI=1S/C28H23F6N3O3/c1-15(16-7-9-17(10-8-16)26(39)40-3)35-25(38)24-23(36-20-6-4-5-18(13-20)27(29,30)31)21-14-19(28(32,33)34)11-12-22(21)37(24)2/h4-15,36H,1-3H3,(H,35,38). The van der Waals surface area contributed by atoms with Gasteiger partial charge in [0, 0.05) is 18.1 Å². The first-order valence-electron chi connectivity index (χ1n) is 11.8. The summed E-state index contributed by atoms with van der Waals surface area (Å²) >= 11 is 0. The lowest BCUT2D eigenvalue weighted by Gasteiger charge is -2.17. The van der Waals surface area contributed by atoms with Crippen LogP contribution in [0.3, 0.4) is 0 Å². The predicted octanol–water partition coefficient (Wildman–Crippen LogP) is 7.24. The number of esters is 1. The lowest BCUT2D eigenvalue weighted by molar-refractivity contribution is -0.138. The number of hydrogen-bond donors (Lipinski definition) is 2. The Morgan fingerprint density at radius 2 is 1.50 bits per heavy atom. The van der Waals surface area contributed by atoms with Gasteiger partial charge in [-0.1, -0.05) is 18.2 Å². The molecule has 0 fully saturated rings. The average Bonchev–Trinajstić information content (AvgIpc) is 3.18. The summed E-state index contributed by atoms with van der Waals surface area (Å²) in [6.45, 7) is 1.66. The van der Waals surface area contributed by atoms with Crippen LogP contribution < -0.4 is 10.6 Å². The van der Waals surface area contributed by atoms with Crippen LogP contribution in [0, 0.1) is 0 Å². The fourth-order valence-corrected chi connectivity index (χ4v) is 4.30. The number of carbonyl (C=O) groups excluding carboxylic acids is 2. The maximum Gasteiger partial charge on any atom is 0.416 e. The second kappa shape index (κ2) is 10.6. The highest BCUT2D eigenvalue weighted by Gasteiger charge is 2.33. The Hall–Kier alpha value is -4.48. The third-order valence-corrected chi connectivity index (χ3v) is 6.38. The molecule has 1 unspecified atom stereocenters.